The van der Waals surface area contributed by atoms with Crippen molar-refractivity contribution in [3.05, 3.63) is 29.6 Å². The van der Waals surface area contributed by atoms with Crippen LogP contribution in [0.2, 0.25) is 0 Å². The van der Waals surface area contributed by atoms with E-state index >= 15 is 0 Å². The molecule has 0 aromatic carbocycles. The molecule has 20 heavy (non-hydrogen) atoms. The second-order valence-corrected chi connectivity index (χ2v) is 6.91. The zero-order valence-electron chi connectivity index (χ0n) is 12.4. The van der Waals surface area contributed by atoms with E-state index in [1.807, 2.05) is 0 Å². The van der Waals surface area contributed by atoms with E-state index in [-0.39, 0.29) is 1.43 Å². The molecule has 3 nitrogen and oxygen atoms in total. The highest BCUT2D eigenvalue weighted by Crippen LogP contribution is 2.55. The van der Waals surface area contributed by atoms with Gasteiger partial charge in [0.15, 0.2) is 0 Å². The molecule has 0 N–H and O–H groups in total. The molecule has 0 radical (unpaired) electrons. The third-order valence-electron chi connectivity index (χ3n) is 5.55. The van der Waals surface area contributed by atoms with Crippen LogP contribution in [0, 0.1) is 12.3 Å². The van der Waals surface area contributed by atoms with Crippen LogP contribution in [-0.4, -0.2) is 22.6 Å². The summed E-state index contributed by atoms with van der Waals surface area (Å²) >= 11 is 0. The van der Waals surface area contributed by atoms with Gasteiger partial charge in [-0.1, -0.05) is 6.08 Å². The summed E-state index contributed by atoms with van der Waals surface area (Å²) in [5.74, 6) is 1.01. The fourth-order valence-corrected chi connectivity index (χ4v) is 4.44. The summed E-state index contributed by atoms with van der Waals surface area (Å²) in [6.45, 7) is 7.17. The summed E-state index contributed by atoms with van der Waals surface area (Å²) in [5.41, 5.74) is 4.49. The summed E-state index contributed by atoms with van der Waals surface area (Å²) in [5, 5.41) is 0. The van der Waals surface area contributed by atoms with Crippen molar-refractivity contribution in [2.24, 2.45) is 5.41 Å². The van der Waals surface area contributed by atoms with Gasteiger partial charge in [0.2, 0.25) is 5.95 Å². The van der Waals surface area contributed by atoms with E-state index < -0.39 is 0 Å². The van der Waals surface area contributed by atoms with Gasteiger partial charge in [-0.25, -0.2) is 9.97 Å². The topological polar surface area (TPSA) is 29.0 Å². The van der Waals surface area contributed by atoms with E-state index in [4.69, 9.17) is 9.97 Å². The molecular weight excluding hydrogens is 246 g/mol. The van der Waals surface area contributed by atoms with Crippen molar-refractivity contribution in [3.8, 4) is 0 Å². The van der Waals surface area contributed by atoms with Gasteiger partial charge in [0.25, 0.3) is 0 Å². The third kappa shape index (κ3) is 1.72. The van der Waals surface area contributed by atoms with Gasteiger partial charge < -0.3 is 4.90 Å². The van der Waals surface area contributed by atoms with Gasteiger partial charge in [0.05, 0.1) is 0 Å². The fraction of sp³-hybridized carbons (Fsp3) is 0.647. The summed E-state index contributed by atoms with van der Waals surface area (Å²) in [6, 6.07) is 0.693. The maximum Gasteiger partial charge on any atom is 0.226 e. The summed E-state index contributed by atoms with van der Waals surface area (Å²) < 4.78 is 0. The molecule has 0 unspecified atom stereocenters. The molecule has 2 aliphatic heterocycles. The Hall–Kier alpha value is -1.38. The minimum absolute atomic E-state index is 0. The van der Waals surface area contributed by atoms with Crippen LogP contribution in [0.4, 0.5) is 5.95 Å². The first-order valence-corrected chi connectivity index (χ1v) is 7.95. The molecule has 0 atom stereocenters. The number of rotatable bonds is 4. The van der Waals surface area contributed by atoms with Gasteiger partial charge in [0.1, 0.15) is 0 Å². The van der Waals surface area contributed by atoms with E-state index in [0.717, 1.165) is 25.3 Å². The Morgan fingerprint density at radius 2 is 2.25 bits per heavy atom. The van der Waals surface area contributed by atoms with Crippen LogP contribution in [0.5, 0.6) is 0 Å². The van der Waals surface area contributed by atoms with Crippen molar-refractivity contribution < 1.29 is 1.43 Å². The zero-order chi connectivity index (χ0) is 13.7. The predicted octanol–water partition coefficient (Wildman–Crippen LogP) is 3.45. The largest absolute Gasteiger partial charge is 0.337 e. The lowest BCUT2D eigenvalue weighted by molar-refractivity contribution is 0.184. The molecule has 1 saturated carbocycles. The quantitative estimate of drug-likeness (QED) is 0.785. The molecular formula is C17H25N3. The molecule has 1 aromatic heterocycles. The SMILES string of the molecule is C=CCCC12CC(C1)N(c1nc(C)c3c(n1)CCC3)C2.[HH]. The number of hydrogen-bond donors (Lipinski definition) is 0. The van der Waals surface area contributed by atoms with Crippen molar-refractivity contribution in [2.45, 2.75) is 57.9 Å². The van der Waals surface area contributed by atoms with E-state index in [9.17, 15) is 0 Å². The lowest BCUT2D eigenvalue weighted by atomic mass is 9.67. The van der Waals surface area contributed by atoms with Crippen molar-refractivity contribution in [2.75, 3.05) is 11.4 Å². The Balaban J connectivity index is 0.00000132. The zero-order valence-corrected chi connectivity index (χ0v) is 12.4. The summed E-state index contributed by atoms with van der Waals surface area (Å²) in [4.78, 5) is 12.2. The molecule has 3 fully saturated rings. The minimum atomic E-state index is 0. The summed E-state index contributed by atoms with van der Waals surface area (Å²) in [6.07, 6.45) is 10.7. The lowest BCUT2D eigenvalue weighted by Gasteiger charge is -2.36. The highest BCUT2D eigenvalue weighted by molar-refractivity contribution is 5.44. The predicted molar refractivity (Wildman–Crippen MR) is 83.1 cm³/mol. The van der Waals surface area contributed by atoms with Crippen molar-refractivity contribution in [1.29, 1.82) is 0 Å². The molecule has 3 heteroatoms. The van der Waals surface area contributed by atoms with Crippen molar-refractivity contribution in [3.63, 3.8) is 0 Å². The molecule has 0 spiro atoms. The van der Waals surface area contributed by atoms with Gasteiger partial charge >= 0.3 is 0 Å². The second kappa shape index (κ2) is 4.31. The molecule has 0 amide bonds. The summed E-state index contributed by atoms with van der Waals surface area (Å²) in [7, 11) is 0. The molecule has 1 aromatic rings. The molecule has 5 rings (SSSR count). The van der Waals surface area contributed by atoms with Gasteiger partial charge in [-0.3, -0.25) is 0 Å². The van der Waals surface area contributed by atoms with Crippen LogP contribution in [0.25, 0.3) is 0 Å². The van der Waals surface area contributed by atoms with E-state index in [2.05, 4.69) is 24.5 Å². The Bertz CT molecular complexity index is 563. The maximum atomic E-state index is 4.88. The normalized spacial score (nSPS) is 30.2. The van der Waals surface area contributed by atoms with Crippen LogP contribution >= 0.6 is 0 Å². The van der Waals surface area contributed by atoms with E-state index in [1.54, 1.807) is 0 Å². The van der Waals surface area contributed by atoms with E-state index in [1.165, 1.54) is 49.1 Å². The highest BCUT2D eigenvalue weighted by atomic mass is 15.3. The van der Waals surface area contributed by atoms with Gasteiger partial charge in [0, 0.05) is 25.4 Å². The van der Waals surface area contributed by atoms with Crippen molar-refractivity contribution >= 4 is 5.95 Å². The number of anilines is 1. The highest BCUT2D eigenvalue weighted by Gasteiger charge is 2.55. The van der Waals surface area contributed by atoms with Crippen LogP contribution in [0.1, 0.15) is 50.5 Å². The standard InChI is InChI=1S/C17H23N3.H2/c1-3-4-8-17-9-13(10-17)20(11-17)16-18-12(2)14-6-5-7-15(14)19-16;/h3,13H,1,4-11H2,2H3;1H. The number of hydrogen-bond acceptors (Lipinski definition) is 3. The van der Waals surface area contributed by atoms with Gasteiger partial charge in [-0.05, 0) is 62.8 Å². The average Bonchev–Trinajstić information content (AvgIpc) is 3.07. The van der Waals surface area contributed by atoms with Crippen LogP contribution < -0.4 is 4.90 Å². The molecule has 108 valence electrons. The Labute approximate surface area is 122 Å². The smallest absolute Gasteiger partial charge is 0.226 e. The van der Waals surface area contributed by atoms with Crippen LogP contribution in [-0.2, 0) is 12.8 Å². The number of aryl methyl sites for hydroxylation is 2. The number of nitrogens with zero attached hydrogens (tertiary/aromatic N) is 3. The minimum Gasteiger partial charge on any atom is -0.337 e. The lowest BCUT2D eigenvalue weighted by Crippen LogP contribution is -2.35. The van der Waals surface area contributed by atoms with Crippen LogP contribution in [0.3, 0.4) is 0 Å². The molecule has 2 bridgehead atoms. The van der Waals surface area contributed by atoms with Crippen molar-refractivity contribution in [1.82, 2.24) is 9.97 Å². The number of allylic oxidation sites excluding steroid dienone is 1. The number of fused-ring (bicyclic) bond motifs is 2. The monoisotopic (exact) mass is 271 g/mol. The third-order valence-corrected chi connectivity index (χ3v) is 5.55. The van der Waals surface area contributed by atoms with Gasteiger partial charge in [-0.15, -0.1) is 6.58 Å². The maximum absolute atomic E-state index is 4.88. The Morgan fingerprint density at radius 3 is 3.05 bits per heavy atom. The first kappa shape index (κ1) is 12.4. The van der Waals surface area contributed by atoms with E-state index in [0.29, 0.717) is 11.5 Å². The van der Waals surface area contributed by atoms with Gasteiger partial charge in [-0.2, -0.15) is 0 Å². The number of aromatic nitrogens is 2. The second-order valence-electron chi connectivity index (χ2n) is 6.91. The first-order chi connectivity index (χ1) is 9.71. The fourth-order valence-electron chi connectivity index (χ4n) is 4.44. The molecule has 2 aliphatic carbocycles. The average molecular weight is 271 g/mol. The first-order valence-electron chi connectivity index (χ1n) is 7.95. The Morgan fingerprint density at radius 1 is 1.40 bits per heavy atom. The molecule has 4 aliphatic rings. The Kier molecular flexibility index (Phi) is 2.66. The van der Waals surface area contributed by atoms with Crippen LogP contribution in [0.15, 0.2) is 12.7 Å². The molecule has 3 heterocycles. The molecule has 2 saturated heterocycles.